The van der Waals surface area contributed by atoms with Crippen LogP contribution >= 0.6 is 11.8 Å². The summed E-state index contributed by atoms with van der Waals surface area (Å²) < 4.78 is 1.43. The van der Waals surface area contributed by atoms with Gasteiger partial charge in [0.1, 0.15) is 6.10 Å². The average Bonchev–Trinajstić information content (AvgIpc) is 3.21. The first-order valence-corrected chi connectivity index (χ1v) is 11.3. The average molecular weight is 439 g/mol. The zero-order valence-electron chi connectivity index (χ0n) is 17.7. The highest BCUT2D eigenvalue weighted by Gasteiger charge is 2.47. The van der Waals surface area contributed by atoms with Gasteiger partial charge in [0.25, 0.3) is 0 Å². The van der Waals surface area contributed by atoms with Crippen LogP contribution in [0.15, 0.2) is 5.16 Å². The molecule has 0 radical (unpaired) electrons. The molecule has 1 aliphatic carbocycles. The molecule has 2 aromatic heterocycles. The molecule has 0 aromatic carbocycles. The fourth-order valence-electron chi connectivity index (χ4n) is 3.89. The lowest BCUT2D eigenvalue weighted by molar-refractivity contribution is -0.145. The molecule has 2 aromatic rings. The van der Waals surface area contributed by atoms with Crippen molar-refractivity contribution in [3.05, 3.63) is 0 Å². The van der Waals surface area contributed by atoms with Gasteiger partial charge in [0, 0.05) is 11.8 Å². The molecule has 4 N–H and O–H groups in total. The van der Waals surface area contributed by atoms with E-state index in [-0.39, 0.29) is 12.5 Å². The molecular weight excluding hydrogens is 408 g/mol. The molecule has 30 heavy (non-hydrogen) atoms. The summed E-state index contributed by atoms with van der Waals surface area (Å²) >= 11 is 1.51. The lowest BCUT2D eigenvalue weighted by Crippen LogP contribution is -2.32. The number of aliphatic hydroxyl groups excluding tert-OH is 2. The molecule has 5 atom stereocenters. The van der Waals surface area contributed by atoms with Crippen LogP contribution < -0.4 is 5.32 Å². The summed E-state index contributed by atoms with van der Waals surface area (Å²) in [5, 5.41) is 42.3. The van der Waals surface area contributed by atoms with Gasteiger partial charge in [-0.15, -0.1) is 5.10 Å². The fourth-order valence-corrected chi connectivity index (χ4v) is 4.58. The number of carbonyl (C=O) groups is 1. The SMILES string of the molecule is CCCSc1nc(NC(C)CC(C)C)c2nnn(C3C[C@H](C(=O)O)C(O)C3O)c2n1. The topological polar surface area (TPSA) is 146 Å². The van der Waals surface area contributed by atoms with Gasteiger partial charge in [0.05, 0.1) is 18.1 Å². The maximum Gasteiger partial charge on any atom is 0.309 e. The Bertz CT molecular complexity index is 891. The standard InChI is InChI=1S/C19H30N6O4S/c1-5-6-30-19-21-16(20-10(4)7-9(2)3)13-17(22-19)25(24-23-13)12-8-11(18(28)29)14(26)15(12)27/h9-12,14-15,26-27H,5-8H2,1-4H3,(H,28,29)(H,20,21,22)/t10?,11-,12?,14?,15?/m0/s1. The number of aromatic nitrogens is 5. The van der Waals surface area contributed by atoms with Gasteiger partial charge in [-0.1, -0.05) is 37.7 Å². The van der Waals surface area contributed by atoms with Gasteiger partial charge in [-0.25, -0.2) is 14.6 Å². The Balaban J connectivity index is 2.00. The van der Waals surface area contributed by atoms with Gasteiger partial charge in [0.15, 0.2) is 22.1 Å². The van der Waals surface area contributed by atoms with E-state index in [1.807, 2.05) is 0 Å². The number of nitrogens with zero attached hydrogens (tertiary/aromatic N) is 5. The second-order valence-electron chi connectivity index (χ2n) is 8.31. The Morgan fingerprint density at radius 1 is 1.27 bits per heavy atom. The monoisotopic (exact) mass is 438 g/mol. The first-order chi connectivity index (χ1) is 14.2. The fraction of sp³-hybridized carbons (Fsp3) is 0.737. The number of thioether (sulfide) groups is 1. The van der Waals surface area contributed by atoms with Crippen LogP contribution in [0.5, 0.6) is 0 Å². The summed E-state index contributed by atoms with van der Waals surface area (Å²) in [6, 6.07) is -0.571. The van der Waals surface area contributed by atoms with Crippen molar-refractivity contribution in [3.63, 3.8) is 0 Å². The van der Waals surface area contributed by atoms with Crippen molar-refractivity contribution in [1.29, 1.82) is 0 Å². The number of hydrogen-bond acceptors (Lipinski definition) is 9. The van der Waals surface area contributed by atoms with E-state index in [2.05, 4.69) is 53.3 Å². The number of anilines is 1. The minimum absolute atomic E-state index is 0.0457. The number of aliphatic hydroxyl groups is 2. The van der Waals surface area contributed by atoms with Gasteiger partial charge >= 0.3 is 5.97 Å². The Kier molecular flexibility index (Phi) is 7.14. The third-order valence-corrected chi connectivity index (χ3v) is 6.28. The van der Waals surface area contributed by atoms with Crippen LogP contribution in [0.25, 0.3) is 11.2 Å². The molecule has 0 spiro atoms. The maximum atomic E-state index is 11.4. The summed E-state index contributed by atoms with van der Waals surface area (Å²) in [4.78, 5) is 20.6. The summed E-state index contributed by atoms with van der Waals surface area (Å²) in [5.41, 5.74) is 0.886. The van der Waals surface area contributed by atoms with E-state index in [0.29, 0.717) is 28.1 Å². The Hall–Kier alpha value is -1.98. The molecule has 1 fully saturated rings. The number of rotatable bonds is 9. The number of carboxylic acids is 1. The third kappa shape index (κ3) is 4.68. The molecule has 1 saturated carbocycles. The molecule has 10 nitrogen and oxygen atoms in total. The number of carboxylic acid groups (broad SMARTS) is 1. The van der Waals surface area contributed by atoms with Crippen LogP contribution in [-0.4, -0.2) is 70.3 Å². The highest BCUT2D eigenvalue weighted by Crippen LogP contribution is 2.37. The third-order valence-electron chi connectivity index (χ3n) is 5.23. The Morgan fingerprint density at radius 3 is 2.60 bits per heavy atom. The first kappa shape index (κ1) is 22.7. The van der Waals surface area contributed by atoms with E-state index in [4.69, 9.17) is 0 Å². The number of hydrogen-bond donors (Lipinski definition) is 4. The van der Waals surface area contributed by atoms with Crippen molar-refractivity contribution in [1.82, 2.24) is 25.0 Å². The van der Waals surface area contributed by atoms with Crippen LogP contribution in [0.3, 0.4) is 0 Å². The highest BCUT2D eigenvalue weighted by molar-refractivity contribution is 7.99. The number of aliphatic carboxylic acids is 1. The quantitative estimate of drug-likeness (QED) is 0.338. The Morgan fingerprint density at radius 2 is 2.00 bits per heavy atom. The van der Waals surface area contributed by atoms with Crippen LogP contribution in [0.1, 0.15) is 53.0 Å². The van der Waals surface area contributed by atoms with Crippen molar-refractivity contribution in [3.8, 4) is 0 Å². The number of nitrogens with one attached hydrogen (secondary N) is 1. The maximum absolute atomic E-state index is 11.4. The van der Waals surface area contributed by atoms with E-state index in [9.17, 15) is 20.1 Å². The molecule has 11 heteroatoms. The largest absolute Gasteiger partial charge is 0.481 e. The minimum Gasteiger partial charge on any atom is -0.481 e. The zero-order chi connectivity index (χ0) is 22.0. The van der Waals surface area contributed by atoms with Gasteiger partial charge in [-0.2, -0.15) is 0 Å². The lowest BCUT2D eigenvalue weighted by Gasteiger charge is -2.18. The summed E-state index contributed by atoms with van der Waals surface area (Å²) in [6.07, 6.45) is -0.682. The second kappa shape index (κ2) is 9.44. The van der Waals surface area contributed by atoms with Gasteiger partial charge in [0.2, 0.25) is 0 Å². The van der Waals surface area contributed by atoms with E-state index in [1.54, 1.807) is 0 Å². The molecule has 4 unspecified atom stereocenters. The smallest absolute Gasteiger partial charge is 0.309 e. The molecule has 0 bridgehead atoms. The van der Waals surface area contributed by atoms with Gasteiger partial charge in [-0.05, 0) is 32.1 Å². The summed E-state index contributed by atoms with van der Waals surface area (Å²) in [6.45, 7) is 8.45. The van der Waals surface area contributed by atoms with Crippen LogP contribution in [0, 0.1) is 11.8 Å². The molecule has 166 valence electrons. The molecule has 1 aliphatic rings. The predicted octanol–water partition coefficient (Wildman–Crippen LogP) is 1.94. The van der Waals surface area contributed by atoms with Crippen molar-refractivity contribution in [2.75, 3.05) is 11.1 Å². The van der Waals surface area contributed by atoms with E-state index in [0.717, 1.165) is 18.6 Å². The summed E-state index contributed by atoms with van der Waals surface area (Å²) in [5.74, 6) is -0.283. The van der Waals surface area contributed by atoms with Crippen molar-refractivity contribution < 1.29 is 20.1 Å². The highest BCUT2D eigenvalue weighted by atomic mass is 32.2. The molecule has 0 saturated heterocycles. The summed E-state index contributed by atoms with van der Waals surface area (Å²) in [7, 11) is 0. The van der Waals surface area contributed by atoms with Crippen LogP contribution in [-0.2, 0) is 4.79 Å². The normalized spacial score (nSPS) is 25.2. The lowest BCUT2D eigenvalue weighted by atomic mass is 10.1. The van der Waals surface area contributed by atoms with Gasteiger partial charge in [-0.3, -0.25) is 4.79 Å². The predicted molar refractivity (Wildman–Crippen MR) is 113 cm³/mol. The van der Waals surface area contributed by atoms with E-state index >= 15 is 0 Å². The molecule has 3 rings (SSSR count). The van der Waals surface area contributed by atoms with Crippen LogP contribution in [0.4, 0.5) is 5.82 Å². The second-order valence-corrected chi connectivity index (χ2v) is 9.38. The van der Waals surface area contributed by atoms with E-state index in [1.165, 1.54) is 16.4 Å². The Labute approximate surface area is 179 Å². The molecule has 0 amide bonds. The zero-order valence-corrected chi connectivity index (χ0v) is 18.5. The first-order valence-electron chi connectivity index (χ1n) is 10.3. The molecular formula is C19H30N6O4S. The van der Waals surface area contributed by atoms with Gasteiger partial charge < -0.3 is 20.6 Å². The van der Waals surface area contributed by atoms with Crippen molar-refractivity contribution in [2.24, 2.45) is 11.8 Å². The van der Waals surface area contributed by atoms with Crippen molar-refractivity contribution >= 4 is 34.7 Å². The minimum atomic E-state index is -1.37. The number of fused-ring (bicyclic) bond motifs is 1. The van der Waals surface area contributed by atoms with E-state index < -0.39 is 30.1 Å². The molecule has 2 heterocycles. The van der Waals surface area contributed by atoms with Crippen molar-refractivity contribution in [2.45, 2.75) is 76.4 Å². The molecule has 0 aliphatic heterocycles. The van der Waals surface area contributed by atoms with Crippen LogP contribution in [0.2, 0.25) is 0 Å².